The number of hydrazine groups is 3. The van der Waals surface area contributed by atoms with E-state index >= 15 is 0 Å². The second-order valence-corrected chi connectivity index (χ2v) is 21.9. The van der Waals surface area contributed by atoms with E-state index in [0.717, 1.165) is 49.3 Å². The molecule has 3 aromatic carbocycles. The van der Waals surface area contributed by atoms with Crippen molar-refractivity contribution in [1.82, 2.24) is 89.4 Å². The zero-order valence-corrected chi connectivity index (χ0v) is 63.0. The van der Waals surface area contributed by atoms with Gasteiger partial charge in [0.15, 0.2) is 0 Å². The molecule has 15 rings (SSSR count). The minimum atomic E-state index is 0. The molecular formula is C73H94N18Pt3. The van der Waals surface area contributed by atoms with Crippen LogP contribution in [-0.4, -0.2) is 132 Å². The van der Waals surface area contributed by atoms with Crippen LogP contribution in [0, 0.1) is 60.8 Å². The number of hydrogen-bond acceptors (Lipinski definition) is 18. The fourth-order valence-electron chi connectivity index (χ4n) is 9.31. The average molecular weight is 1810 g/mol. The second-order valence-electron chi connectivity index (χ2n) is 21.9. The summed E-state index contributed by atoms with van der Waals surface area (Å²) in [6, 6.07) is 30.7. The Balaban J connectivity index is 0.000000285. The molecule has 0 spiro atoms. The van der Waals surface area contributed by atoms with Gasteiger partial charge in [-0.05, 0) is 172 Å². The van der Waals surface area contributed by atoms with Gasteiger partial charge < -0.3 is 59.5 Å². The van der Waals surface area contributed by atoms with E-state index in [-0.39, 0.29) is 70.6 Å². The molecule has 6 aliphatic rings. The molecule has 0 saturated heterocycles. The SMILES string of the molecule is C.CCC.CCC.CCC.CN1C=CN(N2C=CN(C)[CH-]2)[CH-]1.CN1C=CN(N2C=CN(C)[CH-]2)[CH-]1.CN1C=CN(N2C=CN(C)[CH-]2)[CH-]1.Cc1cc2cccnc2c2ncccc12.Cc1cc2cccnc2c2ncccc12.Cc1cc2cccnc2c2ncccc12.[Pt+2].[Pt+2].[Pt+2]. The Labute approximate surface area is 604 Å². The van der Waals surface area contributed by atoms with Crippen LogP contribution in [0.3, 0.4) is 0 Å². The molecule has 0 bridgehead atoms. The first-order chi connectivity index (χ1) is 43.6. The molecule has 0 N–H and O–H groups in total. The second kappa shape index (κ2) is 41.1. The van der Waals surface area contributed by atoms with E-state index in [1.54, 1.807) is 0 Å². The minimum Gasteiger partial charge on any atom is -0.509 e. The molecule has 21 heteroatoms. The third-order valence-electron chi connectivity index (χ3n) is 13.3. The van der Waals surface area contributed by atoms with Crippen LogP contribution in [0.1, 0.15) is 84.9 Å². The summed E-state index contributed by atoms with van der Waals surface area (Å²) in [5.74, 6) is 0. The van der Waals surface area contributed by atoms with Crippen LogP contribution in [0.5, 0.6) is 0 Å². The van der Waals surface area contributed by atoms with Crippen molar-refractivity contribution < 1.29 is 63.2 Å². The molecule has 9 aromatic rings. The number of pyridine rings is 6. The van der Waals surface area contributed by atoms with Crippen LogP contribution in [0.15, 0.2) is 203 Å². The summed E-state index contributed by atoms with van der Waals surface area (Å²) in [6.45, 7) is 31.1. The van der Waals surface area contributed by atoms with Crippen LogP contribution >= 0.6 is 0 Å². The third kappa shape index (κ3) is 22.7. The number of hydrogen-bond donors (Lipinski definition) is 0. The van der Waals surface area contributed by atoms with Gasteiger partial charge in [0.1, 0.15) is 0 Å². The van der Waals surface area contributed by atoms with E-state index in [9.17, 15) is 0 Å². The molecule has 0 aliphatic carbocycles. The summed E-state index contributed by atoms with van der Waals surface area (Å²) >= 11 is 0. The van der Waals surface area contributed by atoms with E-state index in [2.05, 4.69) is 147 Å². The Morgan fingerprint density at radius 3 is 0.617 bits per heavy atom. The van der Waals surface area contributed by atoms with Crippen molar-refractivity contribution in [3.8, 4) is 0 Å². The van der Waals surface area contributed by atoms with Crippen molar-refractivity contribution >= 4 is 65.4 Å². The van der Waals surface area contributed by atoms with Gasteiger partial charge in [0.2, 0.25) is 0 Å². The molecule has 0 unspecified atom stereocenters. The third-order valence-corrected chi connectivity index (χ3v) is 13.3. The predicted molar refractivity (Wildman–Crippen MR) is 378 cm³/mol. The van der Waals surface area contributed by atoms with Crippen LogP contribution in [0.25, 0.3) is 65.4 Å². The van der Waals surface area contributed by atoms with E-state index in [0.29, 0.717) is 0 Å². The van der Waals surface area contributed by atoms with Crippen LogP contribution in [0.4, 0.5) is 0 Å². The van der Waals surface area contributed by atoms with E-state index < -0.39 is 0 Å². The molecule has 18 nitrogen and oxygen atoms in total. The van der Waals surface area contributed by atoms with Gasteiger partial charge in [-0.25, -0.2) is 0 Å². The van der Waals surface area contributed by atoms with Crippen LogP contribution < -0.4 is 0 Å². The Morgan fingerprint density at radius 1 is 0.277 bits per heavy atom. The Morgan fingerprint density at radius 2 is 0.447 bits per heavy atom. The first kappa shape index (κ1) is 80.5. The van der Waals surface area contributed by atoms with Gasteiger partial charge in [-0.1, -0.05) is 105 Å². The molecule has 0 amide bonds. The molecule has 6 aliphatic heterocycles. The first-order valence-corrected chi connectivity index (χ1v) is 30.6. The van der Waals surface area contributed by atoms with Crippen molar-refractivity contribution in [2.45, 2.75) is 89.0 Å². The van der Waals surface area contributed by atoms with Crippen molar-refractivity contribution in [3.05, 3.63) is 259 Å². The van der Waals surface area contributed by atoms with Crippen molar-refractivity contribution in [1.29, 1.82) is 0 Å². The molecular weight excluding hydrogens is 1710 g/mol. The number of fused-ring (bicyclic) bond motifs is 9. The Hall–Kier alpha value is -7.78. The van der Waals surface area contributed by atoms with Crippen LogP contribution in [0.2, 0.25) is 0 Å². The molecule has 12 heterocycles. The van der Waals surface area contributed by atoms with Gasteiger partial charge in [0.25, 0.3) is 0 Å². The quantitative estimate of drug-likeness (QED) is 0.123. The average Bonchev–Trinajstić information content (AvgIpc) is 1.05. The topological polar surface area (TPSA) is 116 Å². The fourth-order valence-corrected chi connectivity index (χ4v) is 9.31. The Bertz CT molecular complexity index is 3430. The fraction of sp³-hybridized carbons (Fsp3) is 0.260. The van der Waals surface area contributed by atoms with Crippen molar-refractivity contribution in [3.63, 3.8) is 0 Å². The van der Waals surface area contributed by atoms with Gasteiger partial charge in [-0.3, -0.25) is 29.9 Å². The monoisotopic (exact) mass is 1810 g/mol. The summed E-state index contributed by atoms with van der Waals surface area (Å²) in [5, 5.41) is 19.0. The molecule has 0 fully saturated rings. The van der Waals surface area contributed by atoms with Crippen molar-refractivity contribution in [2.24, 2.45) is 0 Å². The van der Waals surface area contributed by atoms with E-state index in [4.69, 9.17) is 0 Å². The van der Waals surface area contributed by atoms with Gasteiger partial charge in [-0.15, -0.1) is 40.0 Å². The number of aryl methyl sites for hydroxylation is 3. The predicted octanol–water partition coefficient (Wildman–Crippen LogP) is 15.9. The van der Waals surface area contributed by atoms with Gasteiger partial charge in [-0.2, -0.15) is 0 Å². The number of nitrogens with zero attached hydrogens (tertiary/aromatic N) is 18. The Kier molecular flexibility index (Phi) is 35.2. The molecule has 6 aromatic heterocycles. The molecule has 0 radical (unpaired) electrons. The largest absolute Gasteiger partial charge is 2.00 e. The number of aromatic nitrogens is 6. The maximum Gasteiger partial charge on any atom is 2.00 e. The van der Waals surface area contributed by atoms with E-state index in [1.807, 2.05) is 290 Å². The summed E-state index contributed by atoms with van der Waals surface area (Å²) < 4.78 is 0. The van der Waals surface area contributed by atoms with Crippen molar-refractivity contribution in [2.75, 3.05) is 42.3 Å². The summed E-state index contributed by atoms with van der Waals surface area (Å²) in [4.78, 5) is 38.4. The van der Waals surface area contributed by atoms with Gasteiger partial charge in [0, 0.05) is 107 Å². The minimum absolute atomic E-state index is 0. The molecule has 0 saturated carbocycles. The van der Waals surface area contributed by atoms with Gasteiger partial charge >= 0.3 is 63.2 Å². The summed E-state index contributed by atoms with van der Waals surface area (Å²) in [6.07, 6.45) is 38.6. The number of rotatable bonds is 3. The summed E-state index contributed by atoms with van der Waals surface area (Å²) in [5.41, 5.74) is 9.68. The smallest absolute Gasteiger partial charge is 0.509 e. The standard InChI is InChI=1S/3C13H10N2.3C8H12N4.3C3H8.CH4.3Pt/c3*1-9-8-10-4-2-6-14-12(10)13-11(9)5-3-7-15-13;3*1-9-3-5-11(7-9)12-6-4-10(2)8-12;3*1-3-2;;;;/h3*2-8H,1H3;3*3-8H,1-2H3;3*3H2,1-2H3;1H4;;;/q;;;3*-2;;;;;3*+2. The molecule has 506 valence electrons. The van der Waals surface area contributed by atoms with Crippen LogP contribution in [-0.2, 0) is 63.2 Å². The summed E-state index contributed by atoms with van der Waals surface area (Å²) in [7, 11) is 12.0. The maximum atomic E-state index is 4.41. The van der Waals surface area contributed by atoms with E-state index in [1.165, 1.54) is 52.1 Å². The first-order valence-electron chi connectivity index (χ1n) is 30.6. The zero-order valence-electron chi connectivity index (χ0n) is 56.1. The van der Waals surface area contributed by atoms with Gasteiger partial charge in [0.05, 0.1) is 33.1 Å². The molecule has 0 atom stereocenters. The molecule has 94 heavy (non-hydrogen) atoms. The zero-order chi connectivity index (χ0) is 64.5. The normalized spacial score (nSPS) is 14.2. The number of benzene rings is 3. The maximum absolute atomic E-state index is 4.41.